The largest absolute Gasteiger partial charge is 0.481 e. The first-order valence-electron chi connectivity index (χ1n) is 7.04. The van der Waals surface area contributed by atoms with Crippen LogP contribution in [0.25, 0.3) is 0 Å². The molecule has 108 valence electrons. The van der Waals surface area contributed by atoms with Crippen LogP contribution in [-0.4, -0.2) is 35.2 Å². The molecule has 3 unspecified atom stereocenters. The number of nitrogens with one attached hydrogen (secondary N) is 1. The molecule has 0 spiro atoms. The Kier molecular flexibility index (Phi) is 4.13. The minimum atomic E-state index is -0.775. The number of hydrogen-bond acceptors (Lipinski definition) is 3. The molecule has 1 aliphatic heterocycles. The Labute approximate surface area is 113 Å². The molecule has 3 atom stereocenters. The van der Waals surface area contributed by atoms with E-state index in [0.717, 1.165) is 12.8 Å². The first-order chi connectivity index (χ1) is 8.87. The van der Waals surface area contributed by atoms with Gasteiger partial charge in [-0.2, -0.15) is 0 Å². The van der Waals surface area contributed by atoms with Gasteiger partial charge in [0.2, 0.25) is 5.91 Å². The summed E-state index contributed by atoms with van der Waals surface area (Å²) in [6.45, 7) is 4.73. The predicted molar refractivity (Wildman–Crippen MR) is 69.7 cm³/mol. The van der Waals surface area contributed by atoms with Gasteiger partial charge in [0.15, 0.2) is 0 Å². The number of amides is 1. The molecule has 5 heteroatoms. The third kappa shape index (κ3) is 3.69. The SMILES string of the molecule is CC1(C)CC(NC(=O)C2CCC(C(=O)O)C2)CCO1. The van der Waals surface area contributed by atoms with Crippen molar-refractivity contribution in [3.63, 3.8) is 0 Å². The molecule has 2 aliphatic rings. The summed E-state index contributed by atoms with van der Waals surface area (Å²) in [5, 5.41) is 12.0. The molecule has 1 saturated carbocycles. The molecule has 5 nitrogen and oxygen atoms in total. The van der Waals surface area contributed by atoms with Gasteiger partial charge in [0, 0.05) is 18.6 Å². The van der Waals surface area contributed by atoms with E-state index in [1.807, 2.05) is 13.8 Å². The van der Waals surface area contributed by atoms with E-state index in [4.69, 9.17) is 9.84 Å². The zero-order chi connectivity index (χ0) is 14.0. The second kappa shape index (κ2) is 5.49. The number of rotatable bonds is 3. The highest BCUT2D eigenvalue weighted by Crippen LogP contribution is 2.32. The predicted octanol–water partition coefficient (Wildman–Crippen LogP) is 1.56. The Morgan fingerprint density at radius 1 is 1.21 bits per heavy atom. The van der Waals surface area contributed by atoms with E-state index in [9.17, 15) is 9.59 Å². The number of carboxylic acids is 1. The topological polar surface area (TPSA) is 75.6 Å². The van der Waals surface area contributed by atoms with Crippen LogP contribution in [0, 0.1) is 11.8 Å². The van der Waals surface area contributed by atoms with Crippen molar-refractivity contribution >= 4 is 11.9 Å². The highest BCUT2D eigenvalue weighted by Gasteiger charge is 2.36. The highest BCUT2D eigenvalue weighted by molar-refractivity contribution is 5.81. The quantitative estimate of drug-likeness (QED) is 0.815. The molecule has 19 heavy (non-hydrogen) atoms. The first kappa shape index (κ1) is 14.3. The van der Waals surface area contributed by atoms with Crippen LogP contribution < -0.4 is 5.32 Å². The lowest BCUT2D eigenvalue weighted by molar-refractivity contribution is -0.141. The summed E-state index contributed by atoms with van der Waals surface area (Å²) in [4.78, 5) is 23.0. The van der Waals surface area contributed by atoms with Gasteiger partial charge in [-0.15, -0.1) is 0 Å². The fourth-order valence-corrected chi connectivity index (χ4v) is 3.12. The lowest BCUT2D eigenvalue weighted by Gasteiger charge is -2.36. The third-order valence-corrected chi connectivity index (χ3v) is 4.20. The van der Waals surface area contributed by atoms with Gasteiger partial charge in [-0.3, -0.25) is 9.59 Å². The fraction of sp³-hybridized carbons (Fsp3) is 0.857. The Balaban J connectivity index is 1.83. The van der Waals surface area contributed by atoms with Crippen molar-refractivity contribution in [2.75, 3.05) is 6.61 Å². The van der Waals surface area contributed by atoms with E-state index in [1.165, 1.54) is 0 Å². The summed E-state index contributed by atoms with van der Waals surface area (Å²) in [5.41, 5.74) is -0.185. The number of ether oxygens (including phenoxy) is 1. The van der Waals surface area contributed by atoms with Crippen LogP contribution in [0.15, 0.2) is 0 Å². The Hall–Kier alpha value is -1.10. The maximum Gasteiger partial charge on any atom is 0.306 e. The van der Waals surface area contributed by atoms with Crippen LogP contribution in [0.1, 0.15) is 46.0 Å². The second-order valence-corrected chi connectivity index (χ2v) is 6.35. The van der Waals surface area contributed by atoms with E-state index in [-0.39, 0.29) is 29.4 Å². The average molecular weight is 269 g/mol. The fourth-order valence-electron chi connectivity index (χ4n) is 3.12. The van der Waals surface area contributed by atoms with E-state index < -0.39 is 5.97 Å². The lowest BCUT2D eigenvalue weighted by Crippen LogP contribution is -2.47. The summed E-state index contributed by atoms with van der Waals surface area (Å²) in [6.07, 6.45) is 3.44. The molecule has 0 aromatic carbocycles. The molecular formula is C14H23NO4. The van der Waals surface area contributed by atoms with Crippen molar-refractivity contribution in [1.29, 1.82) is 0 Å². The number of carbonyl (C=O) groups is 2. The zero-order valence-electron chi connectivity index (χ0n) is 11.6. The molecule has 0 aromatic heterocycles. The van der Waals surface area contributed by atoms with Crippen molar-refractivity contribution in [3.05, 3.63) is 0 Å². The third-order valence-electron chi connectivity index (χ3n) is 4.20. The number of carboxylic acid groups (broad SMARTS) is 1. The van der Waals surface area contributed by atoms with Crippen LogP contribution in [0.3, 0.4) is 0 Å². The van der Waals surface area contributed by atoms with Gasteiger partial charge < -0.3 is 15.2 Å². The molecule has 1 heterocycles. The molecule has 2 fully saturated rings. The Bertz CT molecular complexity index is 366. The van der Waals surface area contributed by atoms with E-state index >= 15 is 0 Å². The minimum Gasteiger partial charge on any atom is -0.481 e. The van der Waals surface area contributed by atoms with Gasteiger partial charge in [0.25, 0.3) is 0 Å². The Morgan fingerprint density at radius 3 is 2.47 bits per heavy atom. The zero-order valence-corrected chi connectivity index (χ0v) is 11.6. The van der Waals surface area contributed by atoms with Crippen LogP contribution in [-0.2, 0) is 14.3 Å². The summed E-state index contributed by atoms with van der Waals surface area (Å²) in [7, 11) is 0. The first-order valence-corrected chi connectivity index (χ1v) is 7.04. The number of hydrogen-bond donors (Lipinski definition) is 2. The summed E-state index contributed by atoms with van der Waals surface area (Å²) in [5.74, 6) is -1.23. The molecule has 2 rings (SSSR count). The molecule has 1 saturated heterocycles. The van der Waals surface area contributed by atoms with Crippen molar-refractivity contribution in [2.24, 2.45) is 11.8 Å². The van der Waals surface area contributed by atoms with Crippen LogP contribution in [0.2, 0.25) is 0 Å². The van der Waals surface area contributed by atoms with E-state index in [1.54, 1.807) is 0 Å². The molecular weight excluding hydrogens is 246 g/mol. The van der Waals surface area contributed by atoms with Gasteiger partial charge in [-0.25, -0.2) is 0 Å². The number of carbonyl (C=O) groups excluding carboxylic acids is 1. The maximum atomic E-state index is 12.1. The standard InChI is InChI=1S/C14H23NO4/c1-14(2)8-11(5-6-19-14)15-12(16)9-3-4-10(7-9)13(17)18/h9-11H,3-8H2,1-2H3,(H,15,16)(H,17,18). The lowest BCUT2D eigenvalue weighted by atomic mass is 9.93. The number of aliphatic carboxylic acids is 1. The molecule has 1 aliphatic carbocycles. The molecule has 0 aromatic rings. The summed E-state index contributed by atoms with van der Waals surface area (Å²) in [6, 6.07) is 0.153. The van der Waals surface area contributed by atoms with Crippen molar-refractivity contribution in [3.8, 4) is 0 Å². The van der Waals surface area contributed by atoms with Crippen LogP contribution in [0.4, 0.5) is 0 Å². The minimum absolute atomic E-state index is 0.0199. The average Bonchev–Trinajstić information content (AvgIpc) is 2.76. The van der Waals surface area contributed by atoms with Crippen LogP contribution in [0.5, 0.6) is 0 Å². The van der Waals surface area contributed by atoms with E-state index in [2.05, 4.69) is 5.32 Å². The highest BCUT2D eigenvalue weighted by atomic mass is 16.5. The summed E-state index contributed by atoms with van der Waals surface area (Å²) < 4.78 is 5.62. The Morgan fingerprint density at radius 2 is 1.89 bits per heavy atom. The van der Waals surface area contributed by atoms with Gasteiger partial charge in [-0.1, -0.05) is 0 Å². The van der Waals surface area contributed by atoms with Gasteiger partial charge in [0.1, 0.15) is 0 Å². The van der Waals surface area contributed by atoms with Crippen molar-refractivity contribution in [2.45, 2.75) is 57.6 Å². The molecule has 0 bridgehead atoms. The van der Waals surface area contributed by atoms with Gasteiger partial charge in [0.05, 0.1) is 11.5 Å². The summed E-state index contributed by atoms with van der Waals surface area (Å²) >= 11 is 0. The van der Waals surface area contributed by atoms with Crippen molar-refractivity contribution < 1.29 is 19.4 Å². The smallest absolute Gasteiger partial charge is 0.306 e. The van der Waals surface area contributed by atoms with Gasteiger partial charge in [-0.05, 0) is 46.0 Å². The van der Waals surface area contributed by atoms with E-state index in [0.29, 0.717) is 25.9 Å². The second-order valence-electron chi connectivity index (χ2n) is 6.35. The van der Waals surface area contributed by atoms with Crippen LogP contribution >= 0.6 is 0 Å². The molecule has 1 amide bonds. The monoisotopic (exact) mass is 269 g/mol. The van der Waals surface area contributed by atoms with Gasteiger partial charge >= 0.3 is 5.97 Å². The molecule has 2 N–H and O–H groups in total. The maximum absolute atomic E-state index is 12.1. The normalized spacial score (nSPS) is 33.9. The van der Waals surface area contributed by atoms with Crippen molar-refractivity contribution in [1.82, 2.24) is 5.32 Å². The molecule has 0 radical (unpaired) electrons.